The largest absolute Gasteiger partial charge is 0.478 e. The van der Waals surface area contributed by atoms with Crippen molar-refractivity contribution in [1.82, 2.24) is 0 Å². The molecule has 1 aliphatic rings. The summed E-state index contributed by atoms with van der Waals surface area (Å²) in [5.74, 6) is 0.496. The van der Waals surface area contributed by atoms with Gasteiger partial charge in [0.2, 0.25) is 0 Å². The van der Waals surface area contributed by atoms with Crippen LogP contribution < -0.4 is 9.64 Å². The first kappa shape index (κ1) is 15.8. The number of carbonyl (C=O) groups excluding carboxylic acids is 2. The van der Waals surface area contributed by atoms with Crippen molar-refractivity contribution >= 4 is 29.0 Å². The number of fused-ring (bicyclic) bond motifs is 1. The smallest absolute Gasteiger partial charge is 0.268 e. The van der Waals surface area contributed by atoms with Gasteiger partial charge in [-0.2, -0.15) is 0 Å². The molecule has 2 atom stereocenters. The molecule has 1 aromatic carbocycles. The minimum absolute atomic E-state index is 0.0662. The number of rotatable bonds is 4. The molecule has 0 aliphatic carbocycles. The van der Waals surface area contributed by atoms with Crippen molar-refractivity contribution in [1.29, 1.82) is 0 Å². The predicted octanol–water partition coefficient (Wildman–Crippen LogP) is 3.27. The molecule has 0 bridgehead atoms. The molecule has 2 rings (SSSR count). The normalized spacial score (nSPS) is 19.2. The number of hydrogen-bond acceptors (Lipinski definition) is 3. The van der Waals surface area contributed by atoms with Gasteiger partial charge in [0.1, 0.15) is 5.75 Å². The van der Waals surface area contributed by atoms with Crippen LogP contribution in [0.1, 0.15) is 38.1 Å². The van der Waals surface area contributed by atoms with Gasteiger partial charge in [-0.25, -0.2) is 0 Å². The topological polar surface area (TPSA) is 46.6 Å². The van der Waals surface area contributed by atoms with Crippen LogP contribution in [0.3, 0.4) is 0 Å². The SMILES string of the molecule is CCN1C(=O)C(C(C)C)Oc2ccc(C(=O)C(C)Cl)cc21. The standard InChI is InChI=1S/C16H20ClNO3/c1-5-18-12-8-11(14(19)10(4)17)6-7-13(12)21-15(9(2)3)16(18)20/h6-10,15H,5H2,1-4H3. The second-order valence-electron chi connectivity index (χ2n) is 5.53. The number of hydrogen-bond donors (Lipinski definition) is 0. The second kappa shape index (κ2) is 6.06. The quantitative estimate of drug-likeness (QED) is 0.633. The summed E-state index contributed by atoms with van der Waals surface area (Å²) < 4.78 is 5.80. The molecular formula is C16H20ClNO3. The lowest BCUT2D eigenvalue weighted by Crippen LogP contribution is -2.48. The third-order valence-electron chi connectivity index (χ3n) is 3.58. The fourth-order valence-corrected chi connectivity index (χ4v) is 2.54. The van der Waals surface area contributed by atoms with Gasteiger partial charge in [-0.1, -0.05) is 13.8 Å². The number of ketones is 1. The van der Waals surface area contributed by atoms with E-state index in [2.05, 4.69) is 0 Å². The van der Waals surface area contributed by atoms with Crippen molar-refractivity contribution < 1.29 is 14.3 Å². The molecule has 0 radical (unpaired) electrons. The lowest BCUT2D eigenvalue weighted by atomic mass is 10.0. The van der Waals surface area contributed by atoms with Gasteiger partial charge in [0.15, 0.2) is 11.9 Å². The number of benzene rings is 1. The van der Waals surface area contributed by atoms with E-state index in [1.807, 2.05) is 20.8 Å². The van der Waals surface area contributed by atoms with Gasteiger partial charge in [-0.05, 0) is 38.0 Å². The molecule has 0 N–H and O–H groups in total. The van der Waals surface area contributed by atoms with E-state index in [1.165, 1.54) is 0 Å². The summed E-state index contributed by atoms with van der Waals surface area (Å²) >= 11 is 5.85. The summed E-state index contributed by atoms with van der Waals surface area (Å²) in [5.41, 5.74) is 1.14. The van der Waals surface area contributed by atoms with Gasteiger partial charge in [0.25, 0.3) is 5.91 Å². The third kappa shape index (κ3) is 2.91. The summed E-state index contributed by atoms with van der Waals surface area (Å²) in [6.45, 7) is 7.98. The third-order valence-corrected chi connectivity index (χ3v) is 3.78. The Labute approximate surface area is 130 Å². The maximum atomic E-state index is 12.5. The van der Waals surface area contributed by atoms with Crippen LogP contribution in [0.15, 0.2) is 18.2 Å². The minimum atomic E-state index is -0.596. The molecule has 0 fully saturated rings. The number of halogens is 1. The molecule has 0 saturated heterocycles. The Bertz CT molecular complexity index is 569. The van der Waals surface area contributed by atoms with Crippen molar-refractivity contribution in [3.63, 3.8) is 0 Å². The first-order chi connectivity index (χ1) is 9.86. The average Bonchev–Trinajstić information content (AvgIpc) is 2.44. The summed E-state index contributed by atoms with van der Waals surface area (Å²) in [7, 11) is 0. The molecule has 1 aromatic rings. The molecule has 2 unspecified atom stereocenters. The maximum absolute atomic E-state index is 12.5. The molecule has 4 nitrogen and oxygen atoms in total. The number of amides is 1. The highest BCUT2D eigenvalue weighted by molar-refractivity contribution is 6.33. The van der Waals surface area contributed by atoms with E-state index in [1.54, 1.807) is 30.0 Å². The zero-order valence-corrected chi connectivity index (χ0v) is 13.5. The van der Waals surface area contributed by atoms with E-state index in [-0.39, 0.29) is 17.6 Å². The van der Waals surface area contributed by atoms with E-state index in [0.29, 0.717) is 23.5 Å². The number of Topliss-reactive ketones (excluding diaryl/α,β-unsaturated/α-hetero) is 1. The van der Waals surface area contributed by atoms with E-state index in [9.17, 15) is 9.59 Å². The van der Waals surface area contributed by atoms with E-state index in [0.717, 1.165) is 0 Å². The zero-order chi connectivity index (χ0) is 15.7. The zero-order valence-electron chi connectivity index (χ0n) is 12.7. The first-order valence-electron chi connectivity index (χ1n) is 7.17. The highest BCUT2D eigenvalue weighted by Gasteiger charge is 2.35. The van der Waals surface area contributed by atoms with Crippen LogP contribution in [0.25, 0.3) is 0 Å². The molecule has 114 valence electrons. The number of anilines is 1. The summed E-state index contributed by atoms with van der Waals surface area (Å²) in [4.78, 5) is 26.1. The Morgan fingerprint density at radius 1 is 1.38 bits per heavy atom. The van der Waals surface area contributed by atoms with Gasteiger partial charge < -0.3 is 9.64 Å². The lowest BCUT2D eigenvalue weighted by molar-refractivity contribution is -0.128. The van der Waals surface area contributed by atoms with E-state index < -0.39 is 11.5 Å². The van der Waals surface area contributed by atoms with Crippen molar-refractivity contribution in [3.05, 3.63) is 23.8 Å². The van der Waals surface area contributed by atoms with Gasteiger partial charge in [0.05, 0.1) is 11.1 Å². The summed E-state index contributed by atoms with van der Waals surface area (Å²) in [6.07, 6.45) is -0.481. The lowest BCUT2D eigenvalue weighted by Gasteiger charge is -2.35. The van der Waals surface area contributed by atoms with Crippen LogP contribution in [-0.4, -0.2) is 29.7 Å². The fraction of sp³-hybridized carbons (Fsp3) is 0.500. The average molecular weight is 310 g/mol. The van der Waals surface area contributed by atoms with Gasteiger partial charge in [-0.15, -0.1) is 11.6 Å². The van der Waals surface area contributed by atoms with Gasteiger partial charge in [0, 0.05) is 12.1 Å². The molecule has 0 spiro atoms. The Morgan fingerprint density at radius 2 is 2.05 bits per heavy atom. The Hall–Kier alpha value is -1.55. The number of nitrogens with zero attached hydrogens (tertiary/aromatic N) is 1. The summed E-state index contributed by atoms with van der Waals surface area (Å²) in [6, 6.07) is 5.13. The fourth-order valence-electron chi connectivity index (χ4n) is 2.42. The Kier molecular flexibility index (Phi) is 4.57. The van der Waals surface area contributed by atoms with Crippen LogP contribution in [0.2, 0.25) is 0 Å². The van der Waals surface area contributed by atoms with Crippen LogP contribution in [0, 0.1) is 5.92 Å². The molecule has 0 aromatic heterocycles. The molecule has 1 amide bonds. The van der Waals surface area contributed by atoms with Gasteiger partial charge in [-0.3, -0.25) is 9.59 Å². The highest BCUT2D eigenvalue weighted by atomic mass is 35.5. The monoisotopic (exact) mass is 309 g/mol. The van der Waals surface area contributed by atoms with Crippen molar-refractivity contribution in [2.45, 2.75) is 39.2 Å². The van der Waals surface area contributed by atoms with Gasteiger partial charge >= 0.3 is 0 Å². The Morgan fingerprint density at radius 3 is 2.57 bits per heavy atom. The minimum Gasteiger partial charge on any atom is -0.478 e. The molecule has 5 heteroatoms. The molecular weight excluding hydrogens is 290 g/mol. The number of carbonyl (C=O) groups is 2. The number of alkyl halides is 1. The first-order valence-corrected chi connectivity index (χ1v) is 7.60. The van der Waals surface area contributed by atoms with Crippen LogP contribution >= 0.6 is 11.6 Å². The molecule has 1 heterocycles. The second-order valence-corrected chi connectivity index (χ2v) is 6.18. The highest BCUT2D eigenvalue weighted by Crippen LogP contribution is 2.36. The van der Waals surface area contributed by atoms with Crippen LogP contribution in [0.4, 0.5) is 5.69 Å². The molecule has 1 aliphatic heterocycles. The predicted molar refractivity (Wildman–Crippen MR) is 83.4 cm³/mol. The molecule has 21 heavy (non-hydrogen) atoms. The van der Waals surface area contributed by atoms with E-state index in [4.69, 9.17) is 16.3 Å². The van der Waals surface area contributed by atoms with Crippen molar-refractivity contribution in [2.75, 3.05) is 11.4 Å². The van der Waals surface area contributed by atoms with Crippen LogP contribution in [0.5, 0.6) is 5.75 Å². The number of ether oxygens (including phenoxy) is 1. The van der Waals surface area contributed by atoms with Crippen molar-refractivity contribution in [3.8, 4) is 5.75 Å². The van der Waals surface area contributed by atoms with E-state index >= 15 is 0 Å². The maximum Gasteiger partial charge on any atom is 0.268 e. The van der Waals surface area contributed by atoms with Crippen molar-refractivity contribution in [2.24, 2.45) is 5.92 Å². The number of likely N-dealkylation sites (N-methyl/N-ethyl adjacent to an activating group) is 1. The summed E-state index contributed by atoms with van der Waals surface area (Å²) in [5, 5.41) is -0.596. The Balaban J connectivity index is 2.46. The molecule has 0 saturated carbocycles. The van der Waals surface area contributed by atoms with Crippen LogP contribution in [-0.2, 0) is 4.79 Å².